The normalized spacial score (nSPS) is 18.8. The van der Waals surface area contributed by atoms with Gasteiger partial charge in [0.05, 0.1) is 23.7 Å². The minimum Gasteiger partial charge on any atom is -0.493 e. The van der Waals surface area contributed by atoms with Crippen molar-refractivity contribution in [3.05, 3.63) is 47.8 Å². The van der Waals surface area contributed by atoms with E-state index in [2.05, 4.69) is 4.72 Å². The first kappa shape index (κ1) is 21.4. The highest BCUT2D eigenvalue weighted by molar-refractivity contribution is 7.92. The summed E-state index contributed by atoms with van der Waals surface area (Å²) in [5.41, 5.74) is 0.531. The van der Waals surface area contributed by atoms with Gasteiger partial charge in [-0.2, -0.15) is 0 Å². The van der Waals surface area contributed by atoms with E-state index in [1.165, 1.54) is 24.3 Å². The van der Waals surface area contributed by atoms with Crippen LogP contribution in [0.1, 0.15) is 43.0 Å². The Labute approximate surface area is 181 Å². The number of fused-ring (bicyclic) bond motifs is 2. The molecule has 166 valence electrons. The molecule has 0 radical (unpaired) electrons. The third-order valence-electron chi connectivity index (χ3n) is 5.57. The Morgan fingerprint density at radius 1 is 1.19 bits per heavy atom. The summed E-state index contributed by atoms with van der Waals surface area (Å²) >= 11 is 0. The van der Waals surface area contributed by atoms with Crippen molar-refractivity contribution in [3.63, 3.8) is 0 Å². The zero-order chi connectivity index (χ0) is 22.0. The van der Waals surface area contributed by atoms with Gasteiger partial charge in [0.2, 0.25) is 0 Å². The summed E-state index contributed by atoms with van der Waals surface area (Å²) in [6.07, 6.45) is 3.76. The number of hydrogen-bond donors (Lipinski definition) is 1. The molecule has 0 bridgehead atoms. The largest absolute Gasteiger partial charge is 0.493 e. The molecule has 2 aromatic rings. The van der Waals surface area contributed by atoms with Crippen LogP contribution in [0.3, 0.4) is 0 Å². The van der Waals surface area contributed by atoms with Crippen molar-refractivity contribution in [1.82, 2.24) is 4.90 Å². The van der Waals surface area contributed by atoms with E-state index < -0.39 is 15.8 Å². The van der Waals surface area contributed by atoms with Crippen LogP contribution >= 0.6 is 0 Å². The number of benzene rings is 2. The Kier molecular flexibility index (Phi) is 6.04. The van der Waals surface area contributed by atoms with Crippen LogP contribution < -0.4 is 14.2 Å². The maximum Gasteiger partial charge on any atom is 0.262 e. The Morgan fingerprint density at radius 2 is 2.03 bits per heavy atom. The topological polar surface area (TPSA) is 84.9 Å². The number of rotatable bonds is 5. The number of halogens is 1. The highest BCUT2D eigenvalue weighted by atomic mass is 32.2. The van der Waals surface area contributed by atoms with Crippen LogP contribution in [0.15, 0.2) is 41.3 Å². The van der Waals surface area contributed by atoms with E-state index in [-0.39, 0.29) is 34.9 Å². The standard InChI is InChI=1S/C22H25FN2O5S/c1-2-29-21-9-7-17(14-19(21)23)31(27,28)24-15-6-8-20-18(13-15)22(26)25-11-4-3-5-16(25)10-12-30-20/h6-9,13-14,16,24H,2-5,10-12H2,1H3. The van der Waals surface area contributed by atoms with Gasteiger partial charge < -0.3 is 14.4 Å². The Balaban J connectivity index is 1.61. The van der Waals surface area contributed by atoms with Crippen LogP contribution in [0, 0.1) is 5.82 Å². The average molecular weight is 449 g/mol. The van der Waals surface area contributed by atoms with E-state index >= 15 is 0 Å². The maximum absolute atomic E-state index is 14.1. The van der Waals surface area contributed by atoms with Crippen molar-refractivity contribution >= 4 is 21.6 Å². The summed E-state index contributed by atoms with van der Waals surface area (Å²) in [5.74, 6) is -0.499. The monoisotopic (exact) mass is 448 g/mol. The number of carbonyl (C=O) groups is 1. The molecular formula is C22H25FN2O5S. The first-order valence-electron chi connectivity index (χ1n) is 10.4. The molecule has 0 aromatic heterocycles. The van der Waals surface area contributed by atoms with Crippen molar-refractivity contribution in [2.24, 2.45) is 0 Å². The molecule has 1 saturated heterocycles. The first-order chi connectivity index (χ1) is 14.9. The molecule has 31 heavy (non-hydrogen) atoms. The highest BCUT2D eigenvalue weighted by Gasteiger charge is 2.31. The van der Waals surface area contributed by atoms with Crippen LogP contribution in [0.2, 0.25) is 0 Å². The van der Waals surface area contributed by atoms with Crippen molar-refractivity contribution < 1.29 is 27.1 Å². The molecule has 1 amide bonds. The second kappa shape index (κ2) is 8.74. The molecule has 0 saturated carbocycles. The van der Waals surface area contributed by atoms with Crippen molar-refractivity contribution in [1.29, 1.82) is 0 Å². The van der Waals surface area contributed by atoms with Gasteiger partial charge >= 0.3 is 0 Å². The van der Waals surface area contributed by atoms with Gasteiger partial charge in [0.15, 0.2) is 11.6 Å². The molecule has 1 unspecified atom stereocenters. The molecule has 2 aliphatic heterocycles. The molecule has 0 aliphatic carbocycles. The van der Waals surface area contributed by atoms with Gasteiger partial charge in [0, 0.05) is 24.7 Å². The molecule has 2 heterocycles. The maximum atomic E-state index is 14.1. The number of nitrogens with one attached hydrogen (secondary N) is 1. The fraction of sp³-hybridized carbons (Fsp3) is 0.409. The van der Waals surface area contributed by atoms with Crippen LogP contribution in [0.25, 0.3) is 0 Å². The number of piperidine rings is 1. The first-order valence-corrected chi connectivity index (χ1v) is 11.9. The summed E-state index contributed by atoms with van der Waals surface area (Å²) in [6.45, 7) is 3.16. The molecule has 2 aromatic carbocycles. The lowest BCUT2D eigenvalue weighted by atomic mass is 9.97. The number of hydrogen-bond acceptors (Lipinski definition) is 5. The number of anilines is 1. The number of amides is 1. The van der Waals surface area contributed by atoms with Gasteiger partial charge in [-0.05, 0) is 62.6 Å². The van der Waals surface area contributed by atoms with E-state index in [1.807, 2.05) is 4.90 Å². The van der Waals surface area contributed by atoms with Crippen LogP contribution in [-0.2, 0) is 10.0 Å². The summed E-state index contributed by atoms with van der Waals surface area (Å²) < 4.78 is 53.0. The van der Waals surface area contributed by atoms with Crippen molar-refractivity contribution in [3.8, 4) is 11.5 Å². The van der Waals surface area contributed by atoms with Gasteiger partial charge in [-0.15, -0.1) is 0 Å². The lowest BCUT2D eigenvalue weighted by Crippen LogP contribution is -2.45. The number of ether oxygens (including phenoxy) is 2. The van der Waals surface area contributed by atoms with Crippen molar-refractivity contribution in [2.45, 2.75) is 43.5 Å². The molecular weight excluding hydrogens is 423 g/mol. The van der Waals surface area contributed by atoms with Gasteiger partial charge in [-0.3, -0.25) is 9.52 Å². The number of nitrogens with zero attached hydrogens (tertiary/aromatic N) is 1. The number of carbonyl (C=O) groups excluding carboxylic acids is 1. The summed E-state index contributed by atoms with van der Waals surface area (Å²) in [6, 6.07) is 8.21. The zero-order valence-corrected chi connectivity index (χ0v) is 18.1. The van der Waals surface area contributed by atoms with Crippen LogP contribution in [0.5, 0.6) is 11.5 Å². The Morgan fingerprint density at radius 3 is 2.81 bits per heavy atom. The Hall–Kier alpha value is -2.81. The Bertz CT molecular complexity index is 1090. The fourth-order valence-electron chi connectivity index (χ4n) is 4.05. The second-order valence-corrected chi connectivity index (χ2v) is 9.31. The minimum atomic E-state index is -4.06. The SMILES string of the molecule is CCOc1ccc(S(=O)(=O)Nc2ccc3c(c2)C(=O)N2CCCCC2CCO3)cc1F. The predicted octanol–water partition coefficient (Wildman–Crippen LogP) is 3.80. The van der Waals surface area contributed by atoms with Crippen LogP contribution in [0.4, 0.5) is 10.1 Å². The fourth-order valence-corrected chi connectivity index (χ4v) is 5.11. The lowest BCUT2D eigenvalue weighted by molar-refractivity contribution is 0.0548. The van der Waals surface area contributed by atoms with Gasteiger partial charge in [0.1, 0.15) is 5.75 Å². The second-order valence-electron chi connectivity index (χ2n) is 7.63. The highest BCUT2D eigenvalue weighted by Crippen LogP contribution is 2.32. The van der Waals surface area contributed by atoms with E-state index in [9.17, 15) is 17.6 Å². The van der Waals surface area contributed by atoms with E-state index in [4.69, 9.17) is 9.47 Å². The van der Waals surface area contributed by atoms with E-state index in [0.717, 1.165) is 31.7 Å². The molecule has 1 atom stereocenters. The third-order valence-corrected chi connectivity index (χ3v) is 6.95. The smallest absolute Gasteiger partial charge is 0.262 e. The molecule has 9 heteroatoms. The molecule has 4 rings (SSSR count). The lowest BCUT2D eigenvalue weighted by Gasteiger charge is -2.37. The molecule has 1 fully saturated rings. The molecule has 2 aliphatic rings. The van der Waals surface area contributed by atoms with Crippen molar-refractivity contribution in [2.75, 3.05) is 24.5 Å². The molecule has 1 N–H and O–H groups in total. The average Bonchev–Trinajstić information content (AvgIpc) is 2.74. The molecule has 0 spiro atoms. The third kappa shape index (κ3) is 4.46. The minimum absolute atomic E-state index is 0.0126. The zero-order valence-electron chi connectivity index (χ0n) is 17.3. The van der Waals surface area contributed by atoms with Gasteiger partial charge in [0.25, 0.3) is 15.9 Å². The van der Waals surface area contributed by atoms with E-state index in [0.29, 0.717) is 24.5 Å². The summed E-state index contributed by atoms with van der Waals surface area (Å²) in [4.78, 5) is 14.8. The summed E-state index contributed by atoms with van der Waals surface area (Å²) in [7, 11) is -4.06. The van der Waals surface area contributed by atoms with Crippen LogP contribution in [-0.4, -0.2) is 45.0 Å². The molecule has 7 nitrogen and oxygen atoms in total. The summed E-state index contributed by atoms with van der Waals surface area (Å²) in [5, 5.41) is 0. The quantitative estimate of drug-likeness (QED) is 0.752. The van der Waals surface area contributed by atoms with E-state index in [1.54, 1.807) is 13.0 Å². The van der Waals surface area contributed by atoms with Gasteiger partial charge in [-0.25, -0.2) is 12.8 Å². The predicted molar refractivity (Wildman–Crippen MR) is 114 cm³/mol. The van der Waals surface area contributed by atoms with Gasteiger partial charge in [-0.1, -0.05) is 0 Å². The number of sulfonamides is 1.